The maximum absolute atomic E-state index is 13.6. The molecular weight excluding hydrogens is 217 g/mol. The summed E-state index contributed by atoms with van der Waals surface area (Å²) in [6.07, 6.45) is 1.80. The average molecular weight is 235 g/mol. The molecule has 4 heteroatoms. The summed E-state index contributed by atoms with van der Waals surface area (Å²) < 4.78 is 15.5. The summed E-state index contributed by atoms with van der Waals surface area (Å²) in [5.41, 5.74) is 6.92. The number of nitrogens with two attached hydrogens (primary N) is 1. The Morgan fingerprint density at radius 2 is 2.18 bits per heavy atom. The Morgan fingerprint density at radius 1 is 1.47 bits per heavy atom. The van der Waals surface area contributed by atoms with E-state index in [0.717, 1.165) is 24.2 Å². The number of hydrogen-bond acceptors (Lipinski definition) is 2. The molecule has 2 aromatic rings. The van der Waals surface area contributed by atoms with Crippen molar-refractivity contribution in [2.75, 3.05) is 0 Å². The first-order chi connectivity index (χ1) is 7.97. The van der Waals surface area contributed by atoms with Crippen LogP contribution in [0.15, 0.2) is 18.2 Å². The Kier molecular flexibility index (Phi) is 2.91. The van der Waals surface area contributed by atoms with Crippen molar-refractivity contribution >= 4 is 11.0 Å². The van der Waals surface area contributed by atoms with Gasteiger partial charge in [0.1, 0.15) is 11.3 Å². The number of nitrogens with zero attached hydrogens (tertiary/aromatic N) is 2. The highest BCUT2D eigenvalue weighted by atomic mass is 19.1. The molecule has 0 aliphatic rings. The van der Waals surface area contributed by atoms with Crippen LogP contribution < -0.4 is 5.73 Å². The minimum absolute atomic E-state index is 0.295. The van der Waals surface area contributed by atoms with Crippen molar-refractivity contribution in [1.82, 2.24) is 9.55 Å². The molecule has 1 aromatic heterocycles. The topological polar surface area (TPSA) is 43.8 Å². The number of hydrogen-bond donors (Lipinski definition) is 1. The fourth-order valence-electron chi connectivity index (χ4n) is 2.32. The standard InChI is InChI=1S/C13H18FN3/c1-4-8-13(2,15)12-16-11-9(14)6-5-7-10(11)17(12)3/h5-7H,4,8,15H2,1-3H3. The second-order valence-electron chi connectivity index (χ2n) is 4.77. The van der Waals surface area contributed by atoms with Gasteiger partial charge >= 0.3 is 0 Å². The molecule has 92 valence electrons. The van der Waals surface area contributed by atoms with Crippen LogP contribution >= 0.6 is 0 Å². The van der Waals surface area contributed by atoms with E-state index in [1.165, 1.54) is 6.07 Å². The van der Waals surface area contributed by atoms with Gasteiger partial charge in [-0.05, 0) is 25.5 Å². The molecule has 1 aromatic carbocycles. The SMILES string of the molecule is CCCC(C)(N)c1nc2c(F)cccc2n1C. The molecular formula is C13H18FN3. The number of imidazole rings is 1. The van der Waals surface area contributed by atoms with Crippen molar-refractivity contribution in [3.8, 4) is 0 Å². The summed E-state index contributed by atoms with van der Waals surface area (Å²) in [5.74, 6) is 0.441. The lowest BCUT2D eigenvalue weighted by molar-refractivity contribution is 0.410. The van der Waals surface area contributed by atoms with E-state index in [9.17, 15) is 4.39 Å². The lowest BCUT2D eigenvalue weighted by Gasteiger charge is -2.23. The maximum atomic E-state index is 13.6. The van der Waals surface area contributed by atoms with Gasteiger partial charge in [0.25, 0.3) is 0 Å². The zero-order valence-corrected chi connectivity index (χ0v) is 10.5. The van der Waals surface area contributed by atoms with Crippen molar-refractivity contribution in [3.63, 3.8) is 0 Å². The third-order valence-electron chi connectivity index (χ3n) is 3.14. The number of fused-ring (bicyclic) bond motifs is 1. The molecule has 1 atom stereocenters. The van der Waals surface area contributed by atoms with Gasteiger partial charge in [-0.2, -0.15) is 0 Å². The van der Waals surface area contributed by atoms with Gasteiger partial charge in [0.2, 0.25) is 0 Å². The quantitative estimate of drug-likeness (QED) is 0.888. The van der Waals surface area contributed by atoms with Crippen LogP contribution in [0.25, 0.3) is 11.0 Å². The van der Waals surface area contributed by atoms with Gasteiger partial charge in [-0.15, -0.1) is 0 Å². The molecule has 2 rings (SSSR count). The van der Waals surface area contributed by atoms with Gasteiger partial charge in [-0.1, -0.05) is 19.4 Å². The monoisotopic (exact) mass is 235 g/mol. The first kappa shape index (κ1) is 12.0. The van der Waals surface area contributed by atoms with Gasteiger partial charge < -0.3 is 10.3 Å². The summed E-state index contributed by atoms with van der Waals surface area (Å²) in [6.45, 7) is 4.02. The van der Waals surface area contributed by atoms with Gasteiger partial charge in [0, 0.05) is 7.05 Å². The highest BCUT2D eigenvalue weighted by Gasteiger charge is 2.26. The van der Waals surface area contributed by atoms with Crippen molar-refractivity contribution in [2.45, 2.75) is 32.2 Å². The smallest absolute Gasteiger partial charge is 0.151 e. The fourth-order valence-corrected chi connectivity index (χ4v) is 2.32. The van der Waals surface area contributed by atoms with Gasteiger partial charge in [0.05, 0.1) is 11.1 Å². The molecule has 17 heavy (non-hydrogen) atoms. The maximum Gasteiger partial charge on any atom is 0.151 e. The number of rotatable bonds is 3. The summed E-state index contributed by atoms with van der Waals surface area (Å²) in [5, 5.41) is 0. The number of aryl methyl sites for hydroxylation is 1. The van der Waals surface area contributed by atoms with E-state index in [0.29, 0.717) is 5.52 Å². The van der Waals surface area contributed by atoms with Crippen molar-refractivity contribution in [2.24, 2.45) is 12.8 Å². The summed E-state index contributed by atoms with van der Waals surface area (Å²) in [6, 6.07) is 4.97. The van der Waals surface area contributed by atoms with Crippen LogP contribution in [0.5, 0.6) is 0 Å². The molecule has 0 saturated heterocycles. The molecule has 0 spiro atoms. The Labute approximate surface area is 100 Å². The van der Waals surface area contributed by atoms with E-state index >= 15 is 0 Å². The van der Waals surface area contributed by atoms with Gasteiger partial charge in [-0.25, -0.2) is 9.37 Å². The third-order valence-corrected chi connectivity index (χ3v) is 3.14. The number of halogens is 1. The molecule has 0 amide bonds. The van der Waals surface area contributed by atoms with Crippen molar-refractivity contribution < 1.29 is 4.39 Å². The van der Waals surface area contributed by atoms with Crippen LogP contribution in [0.2, 0.25) is 0 Å². The second kappa shape index (κ2) is 4.11. The van der Waals surface area contributed by atoms with Crippen LogP contribution in [0.4, 0.5) is 4.39 Å². The lowest BCUT2D eigenvalue weighted by atomic mass is 9.97. The molecule has 0 aliphatic heterocycles. The van der Waals surface area contributed by atoms with Crippen molar-refractivity contribution in [3.05, 3.63) is 29.8 Å². The van der Waals surface area contributed by atoms with E-state index in [2.05, 4.69) is 11.9 Å². The Hall–Kier alpha value is -1.42. The first-order valence-corrected chi connectivity index (χ1v) is 5.87. The van der Waals surface area contributed by atoms with E-state index in [-0.39, 0.29) is 5.82 Å². The molecule has 2 N–H and O–H groups in total. The zero-order chi connectivity index (χ0) is 12.6. The first-order valence-electron chi connectivity index (χ1n) is 5.87. The third kappa shape index (κ3) is 1.93. The van der Waals surface area contributed by atoms with Crippen LogP contribution in [-0.2, 0) is 12.6 Å². The molecule has 1 unspecified atom stereocenters. The van der Waals surface area contributed by atoms with Crippen LogP contribution in [-0.4, -0.2) is 9.55 Å². The van der Waals surface area contributed by atoms with Crippen LogP contribution in [0.3, 0.4) is 0 Å². The van der Waals surface area contributed by atoms with E-state index in [1.807, 2.05) is 24.6 Å². The number of benzene rings is 1. The van der Waals surface area contributed by atoms with Crippen LogP contribution in [0.1, 0.15) is 32.5 Å². The average Bonchev–Trinajstić information content (AvgIpc) is 2.59. The molecule has 0 fully saturated rings. The highest BCUT2D eigenvalue weighted by molar-refractivity contribution is 5.76. The molecule has 0 radical (unpaired) electrons. The lowest BCUT2D eigenvalue weighted by Crippen LogP contribution is -2.35. The van der Waals surface area contributed by atoms with Crippen LogP contribution in [0, 0.1) is 5.82 Å². The van der Waals surface area contributed by atoms with E-state index in [4.69, 9.17) is 5.73 Å². The predicted octanol–water partition coefficient (Wildman–Crippen LogP) is 2.69. The number of aromatic nitrogens is 2. The molecule has 0 saturated carbocycles. The largest absolute Gasteiger partial charge is 0.329 e. The Balaban J connectivity index is 2.64. The second-order valence-corrected chi connectivity index (χ2v) is 4.77. The van der Waals surface area contributed by atoms with Crippen molar-refractivity contribution in [1.29, 1.82) is 0 Å². The summed E-state index contributed by atoms with van der Waals surface area (Å²) in [7, 11) is 1.88. The van der Waals surface area contributed by atoms with Gasteiger partial charge in [-0.3, -0.25) is 0 Å². The van der Waals surface area contributed by atoms with E-state index < -0.39 is 5.54 Å². The Morgan fingerprint density at radius 3 is 2.76 bits per heavy atom. The normalized spacial score (nSPS) is 15.1. The zero-order valence-electron chi connectivity index (χ0n) is 10.5. The molecule has 0 bridgehead atoms. The Bertz CT molecular complexity index is 543. The predicted molar refractivity (Wildman–Crippen MR) is 67.1 cm³/mol. The summed E-state index contributed by atoms with van der Waals surface area (Å²) >= 11 is 0. The fraction of sp³-hybridized carbons (Fsp3) is 0.462. The molecule has 1 heterocycles. The highest BCUT2D eigenvalue weighted by Crippen LogP contribution is 2.26. The summed E-state index contributed by atoms with van der Waals surface area (Å²) in [4.78, 5) is 4.37. The molecule has 3 nitrogen and oxygen atoms in total. The minimum Gasteiger partial charge on any atom is -0.329 e. The minimum atomic E-state index is -0.519. The van der Waals surface area contributed by atoms with Gasteiger partial charge in [0.15, 0.2) is 5.82 Å². The number of para-hydroxylation sites is 1. The van der Waals surface area contributed by atoms with E-state index in [1.54, 1.807) is 6.07 Å². The molecule has 0 aliphatic carbocycles.